The topological polar surface area (TPSA) is 34.4 Å². The molecule has 1 amide bonds. The smallest absolute Gasteiger partial charge is 0.245 e. The average molecular weight is 299 g/mol. The maximum atomic E-state index is 11.0. The highest BCUT2D eigenvalue weighted by molar-refractivity contribution is 9.10. The summed E-state index contributed by atoms with van der Waals surface area (Å²) < 4.78 is 4.23. The summed E-state index contributed by atoms with van der Waals surface area (Å²) in [5.41, 5.74) is 1.12. The molecule has 0 unspecified atom stereocenters. The molecule has 0 bridgehead atoms. The van der Waals surface area contributed by atoms with Gasteiger partial charge < -0.3 is 4.57 Å². The summed E-state index contributed by atoms with van der Waals surface area (Å²) in [7, 11) is 0. The van der Waals surface area contributed by atoms with Crippen molar-refractivity contribution < 1.29 is 4.79 Å². The number of benzene rings is 1. The van der Waals surface area contributed by atoms with Crippen LogP contribution in [-0.2, 0) is 11.3 Å². The molecule has 1 aromatic carbocycles. The lowest BCUT2D eigenvalue weighted by Crippen LogP contribution is -2.14. The molecule has 2 rings (SSSR count). The molecule has 1 aromatic heterocycles. The van der Waals surface area contributed by atoms with Gasteiger partial charge in [0.1, 0.15) is 0 Å². The molecule has 0 saturated heterocycles. The van der Waals surface area contributed by atoms with E-state index in [0.29, 0.717) is 0 Å². The molecular formula is C11H11BrN2OS. The molecule has 0 aliphatic rings. The molecule has 0 fully saturated rings. The van der Waals surface area contributed by atoms with E-state index in [4.69, 9.17) is 0 Å². The van der Waals surface area contributed by atoms with E-state index in [1.54, 1.807) is 0 Å². The molecule has 0 spiro atoms. The molecule has 0 atom stereocenters. The lowest BCUT2D eigenvalue weighted by atomic mass is 10.3. The number of hydrogen-bond donors (Lipinski definition) is 0. The molecule has 3 nitrogen and oxygen atoms in total. The first-order chi connectivity index (χ1) is 7.61. The zero-order valence-corrected chi connectivity index (χ0v) is 11.4. The van der Waals surface area contributed by atoms with Gasteiger partial charge in [-0.25, -0.2) is 0 Å². The van der Waals surface area contributed by atoms with Crippen molar-refractivity contribution in [3.63, 3.8) is 0 Å². The van der Waals surface area contributed by atoms with Gasteiger partial charge in [-0.15, -0.1) is 0 Å². The van der Waals surface area contributed by atoms with Gasteiger partial charge >= 0.3 is 0 Å². The Balaban J connectivity index is 2.81. The summed E-state index contributed by atoms with van der Waals surface area (Å²) >= 11 is 4.98. The average Bonchev–Trinajstić information content (AvgIpc) is 2.52. The Morgan fingerprint density at radius 3 is 2.94 bits per heavy atom. The van der Waals surface area contributed by atoms with Crippen LogP contribution in [0.5, 0.6) is 0 Å². The van der Waals surface area contributed by atoms with Gasteiger partial charge in [-0.1, -0.05) is 27.3 Å². The normalized spacial score (nSPS) is 12.3. The van der Waals surface area contributed by atoms with Gasteiger partial charge in [-0.3, -0.25) is 4.79 Å². The van der Waals surface area contributed by atoms with Crippen molar-refractivity contribution in [2.24, 2.45) is 4.99 Å². The Morgan fingerprint density at radius 2 is 2.31 bits per heavy atom. The number of hydrogen-bond acceptors (Lipinski definition) is 2. The highest BCUT2D eigenvalue weighted by Crippen LogP contribution is 2.22. The van der Waals surface area contributed by atoms with Crippen molar-refractivity contribution in [2.75, 3.05) is 0 Å². The van der Waals surface area contributed by atoms with Gasteiger partial charge in [0, 0.05) is 17.9 Å². The number of halogens is 1. The van der Waals surface area contributed by atoms with Crippen molar-refractivity contribution >= 4 is 43.4 Å². The molecule has 0 saturated carbocycles. The number of thiazole rings is 1. The molecule has 1 heterocycles. The van der Waals surface area contributed by atoms with Gasteiger partial charge in [-0.05, 0) is 25.1 Å². The number of nitrogens with zero attached hydrogens (tertiary/aromatic N) is 2. The minimum absolute atomic E-state index is 0.159. The van der Waals surface area contributed by atoms with Gasteiger partial charge in [-0.2, -0.15) is 4.99 Å². The second-order valence-electron chi connectivity index (χ2n) is 3.37. The van der Waals surface area contributed by atoms with Crippen LogP contribution >= 0.6 is 27.3 Å². The highest BCUT2D eigenvalue weighted by atomic mass is 79.9. The fraction of sp³-hybridized carbons (Fsp3) is 0.273. The zero-order valence-electron chi connectivity index (χ0n) is 9.03. The third-order valence-electron chi connectivity index (χ3n) is 2.21. The molecule has 0 N–H and O–H groups in total. The molecule has 84 valence electrons. The van der Waals surface area contributed by atoms with Crippen LogP contribution in [-0.4, -0.2) is 10.5 Å². The maximum Gasteiger partial charge on any atom is 0.245 e. The fourth-order valence-corrected chi connectivity index (χ4v) is 3.26. The first-order valence-electron chi connectivity index (χ1n) is 4.96. The van der Waals surface area contributed by atoms with Crippen molar-refractivity contribution in [1.82, 2.24) is 4.57 Å². The molecular weight excluding hydrogens is 288 g/mol. The Morgan fingerprint density at radius 1 is 1.56 bits per heavy atom. The number of rotatable bonds is 1. The third kappa shape index (κ3) is 2.10. The van der Waals surface area contributed by atoms with E-state index in [1.807, 2.05) is 29.7 Å². The molecule has 16 heavy (non-hydrogen) atoms. The first-order valence-corrected chi connectivity index (χ1v) is 6.57. The van der Waals surface area contributed by atoms with Crippen LogP contribution in [0.1, 0.15) is 13.8 Å². The van der Waals surface area contributed by atoms with Gasteiger partial charge in [0.05, 0.1) is 10.2 Å². The van der Waals surface area contributed by atoms with Crippen LogP contribution in [0.4, 0.5) is 0 Å². The monoisotopic (exact) mass is 298 g/mol. The Hall–Kier alpha value is -0.940. The quantitative estimate of drug-likeness (QED) is 0.797. The summed E-state index contributed by atoms with van der Waals surface area (Å²) in [4.78, 5) is 15.8. The van der Waals surface area contributed by atoms with E-state index < -0.39 is 0 Å². The van der Waals surface area contributed by atoms with Gasteiger partial charge in [0.25, 0.3) is 0 Å². The molecule has 5 heteroatoms. The maximum absolute atomic E-state index is 11.0. The van der Waals surface area contributed by atoms with E-state index >= 15 is 0 Å². The van der Waals surface area contributed by atoms with Gasteiger partial charge in [0.2, 0.25) is 5.91 Å². The first kappa shape index (κ1) is 11.5. The van der Waals surface area contributed by atoms with E-state index in [1.165, 1.54) is 18.3 Å². The number of carbonyl (C=O) groups is 1. The molecule has 2 aromatic rings. The molecule has 0 aliphatic heterocycles. The fourth-order valence-electron chi connectivity index (χ4n) is 1.57. The predicted octanol–water partition coefficient (Wildman–Crippen LogP) is 2.93. The number of fused-ring (bicyclic) bond motifs is 1. The van der Waals surface area contributed by atoms with Crippen LogP contribution in [0.2, 0.25) is 0 Å². The SMILES string of the molecule is CCn1c(=NC(C)=O)sc2cc(Br)ccc21. The highest BCUT2D eigenvalue weighted by Gasteiger charge is 2.05. The zero-order chi connectivity index (χ0) is 11.7. The molecule has 0 aliphatic carbocycles. The second-order valence-corrected chi connectivity index (χ2v) is 5.30. The largest absolute Gasteiger partial charge is 0.317 e. The summed E-state index contributed by atoms with van der Waals surface area (Å²) in [5, 5.41) is 0. The summed E-state index contributed by atoms with van der Waals surface area (Å²) in [6, 6.07) is 6.09. The summed E-state index contributed by atoms with van der Waals surface area (Å²) in [5.74, 6) is -0.159. The Bertz CT molecular complexity index is 612. The van der Waals surface area contributed by atoms with E-state index in [9.17, 15) is 4.79 Å². The number of aromatic nitrogens is 1. The summed E-state index contributed by atoms with van der Waals surface area (Å²) in [6.45, 7) is 4.33. The van der Waals surface area contributed by atoms with Crippen molar-refractivity contribution in [2.45, 2.75) is 20.4 Å². The van der Waals surface area contributed by atoms with Crippen LogP contribution in [0, 0.1) is 0 Å². The van der Waals surface area contributed by atoms with E-state index in [0.717, 1.165) is 26.0 Å². The predicted molar refractivity (Wildman–Crippen MR) is 69.4 cm³/mol. The van der Waals surface area contributed by atoms with Crippen LogP contribution in [0.25, 0.3) is 10.2 Å². The van der Waals surface area contributed by atoms with Crippen molar-refractivity contribution in [3.8, 4) is 0 Å². The van der Waals surface area contributed by atoms with Crippen molar-refractivity contribution in [1.29, 1.82) is 0 Å². The lowest BCUT2D eigenvalue weighted by Gasteiger charge is -1.99. The number of amides is 1. The third-order valence-corrected chi connectivity index (χ3v) is 3.75. The van der Waals surface area contributed by atoms with Gasteiger partial charge in [0.15, 0.2) is 4.80 Å². The minimum Gasteiger partial charge on any atom is -0.317 e. The minimum atomic E-state index is -0.159. The van der Waals surface area contributed by atoms with Crippen LogP contribution < -0.4 is 4.80 Å². The van der Waals surface area contributed by atoms with Crippen molar-refractivity contribution in [3.05, 3.63) is 27.5 Å². The Labute approximate surface area is 106 Å². The van der Waals surface area contributed by atoms with Crippen LogP contribution in [0.15, 0.2) is 27.7 Å². The second kappa shape index (κ2) is 4.51. The summed E-state index contributed by atoms with van der Waals surface area (Å²) in [6.07, 6.45) is 0. The van der Waals surface area contributed by atoms with Crippen LogP contribution in [0.3, 0.4) is 0 Å². The number of carbonyl (C=O) groups excluding carboxylic acids is 1. The lowest BCUT2D eigenvalue weighted by molar-refractivity contribution is -0.116. The standard InChI is InChI=1S/C11H11BrN2OS/c1-3-14-9-5-4-8(12)6-10(9)16-11(14)13-7(2)15/h4-6H,3H2,1-2H3. The molecule has 0 radical (unpaired) electrons. The van der Waals surface area contributed by atoms with E-state index in [-0.39, 0.29) is 5.91 Å². The van der Waals surface area contributed by atoms with E-state index in [2.05, 4.69) is 20.9 Å². The Kier molecular flexibility index (Phi) is 3.25. The number of aryl methyl sites for hydroxylation is 1.